The van der Waals surface area contributed by atoms with Gasteiger partial charge in [0.25, 0.3) is 0 Å². The van der Waals surface area contributed by atoms with Crippen LogP contribution >= 0.6 is 11.8 Å². The summed E-state index contributed by atoms with van der Waals surface area (Å²) in [4.78, 5) is 17.9. The fraction of sp³-hybridized carbons (Fsp3) is 0.526. The van der Waals surface area contributed by atoms with E-state index in [9.17, 15) is 0 Å². The first-order valence-electron chi connectivity index (χ1n) is 9.42. The third kappa shape index (κ3) is 3.00. The SMILES string of the molecule is CSc1ccc(-c2cc(N3CC4(CN5CCC4CC5)OC3N)ncn2)cn1. The largest absolute Gasteiger partial charge is 0.335 e. The number of aromatic nitrogens is 3. The summed E-state index contributed by atoms with van der Waals surface area (Å²) in [5, 5.41) is 0.993. The van der Waals surface area contributed by atoms with E-state index in [4.69, 9.17) is 10.5 Å². The summed E-state index contributed by atoms with van der Waals surface area (Å²) >= 11 is 1.63. The molecule has 1 spiro atoms. The summed E-state index contributed by atoms with van der Waals surface area (Å²) in [6.07, 6.45) is 7.40. The van der Waals surface area contributed by atoms with E-state index in [-0.39, 0.29) is 5.60 Å². The van der Waals surface area contributed by atoms with Gasteiger partial charge in [0.05, 0.1) is 17.3 Å². The van der Waals surface area contributed by atoms with Crippen LogP contribution in [0.2, 0.25) is 0 Å². The third-order valence-corrected chi connectivity index (χ3v) is 6.77. The maximum absolute atomic E-state index is 6.38. The van der Waals surface area contributed by atoms with Crippen molar-refractivity contribution in [1.29, 1.82) is 0 Å². The molecule has 0 aliphatic carbocycles. The maximum Gasteiger partial charge on any atom is 0.186 e. The van der Waals surface area contributed by atoms with E-state index in [2.05, 4.69) is 24.8 Å². The molecule has 2 bridgehead atoms. The van der Waals surface area contributed by atoms with Crippen molar-refractivity contribution in [3.8, 4) is 11.3 Å². The predicted octanol–water partition coefficient (Wildman–Crippen LogP) is 1.80. The van der Waals surface area contributed by atoms with E-state index < -0.39 is 6.35 Å². The second kappa shape index (κ2) is 6.70. The molecule has 2 aromatic rings. The van der Waals surface area contributed by atoms with Gasteiger partial charge in [-0.15, -0.1) is 11.8 Å². The van der Waals surface area contributed by atoms with Gasteiger partial charge in [0.2, 0.25) is 0 Å². The molecule has 4 saturated heterocycles. The molecule has 8 heteroatoms. The second-order valence-electron chi connectivity index (χ2n) is 7.60. The van der Waals surface area contributed by atoms with Gasteiger partial charge in [-0.3, -0.25) is 5.73 Å². The van der Waals surface area contributed by atoms with E-state index in [1.165, 1.54) is 25.9 Å². The Labute approximate surface area is 163 Å². The minimum Gasteiger partial charge on any atom is -0.335 e. The normalized spacial score (nSPS) is 32.4. The van der Waals surface area contributed by atoms with Crippen LogP contribution in [-0.4, -0.2) is 64.2 Å². The smallest absolute Gasteiger partial charge is 0.186 e. The summed E-state index contributed by atoms with van der Waals surface area (Å²) in [7, 11) is 0. The van der Waals surface area contributed by atoms with Gasteiger partial charge in [0, 0.05) is 24.4 Å². The van der Waals surface area contributed by atoms with Crippen molar-refractivity contribution in [3.63, 3.8) is 0 Å². The molecule has 6 rings (SSSR count). The number of hydrogen-bond acceptors (Lipinski definition) is 8. The molecule has 4 aliphatic rings. The summed E-state index contributed by atoms with van der Waals surface area (Å²) in [6, 6.07) is 6.04. The molecule has 0 radical (unpaired) electrons. The molecule has 0 saturated carbocycles. The highest BCUT2D eigenvalue weighted by Crippen LogP contribution is 2.43. The van der Waals surface area contributed by atoms with Crippen LogP contribution < -0.4 is 10.6 Å². The van der Waals surface area contributed by atoms with Gasteiger partial charge < -0.3 is 14.5 Å². The van der Waals surface area contributed by atoms with Gasteiger partial charge in [0.15, 0.2) is 6.35 Å². The third-order valence-electron chi connectivity index (χ3n) is 6.11. The maximum atomic E-state index is 6.38. The fourth-order valence-electron chi connectivity index (χ4n) is 4.68. The molecule has 0 amide bonds. The van der Waals surface area contributed by atoms with Crippen LogP contribution in [0.5, 0.6) is 0 Å². The lowest BCUT2D eigenvalue weighted by Gasteiger charge is -2.50. The number of nitrogens with two attached hydrogens (primary N) is 1. The first kappa shape index (κ1) is 17.4. The van der Waals surface area contributed by atoms with Crippen molar-refractivity contribution in [2.75, 3.05) is 37.3 Å². The first-order valence-corrected chi connectivity index (χ1v) is 10.6. The van der Waals surface area contributed by atoms with E-state index >= 15 is 0 Å². The average Bonchev–Trinajstić information content (AvgIpc) is 3.04. The minimum atomic E-state index is -0.467. The van der Waals surface area contributed by atoms with Crippen LogP contribution in [0.4, 0.5) is 5.82 Å². The van der Waals surface area contributed by atoms with Crippen molar-refractivity contribution < 1.29 is 4.74 Å². The van der Waals surface area contributed by atoms with Gasteiger partial charge in [-0.2, -0.15) is 0 Å². The predicted molar refractivity (Wildman–Crippen MR) is 105 cm³/mol. The average molecular weight is 385 g/mol. The van der Waals surface area contributed by atoms with Gasteiger partial charge in [-0.25, -0.2) is 15.0 Å². The zero-order valence-corrected chi connectivity index (χ0v) is 16.2. The molecule has 2 aromatic heterocycles. The lowest BCUT2D eigenvalue weighted by Crippen LogP contribution is -2.61. The number of ether oxygens (including phenoxy) is 1. The van der Waals surface area contributed by atoms with Crippen molar-refractivity contribution in [2.45, 2.75) is 29.8 Å². The summed E-state index contributed by atoms with van der Waals surface area (Å²) < 4.78 is 6.35. The van der Waals surface area contributed by atoms with Gasteiger partial charge in [0.1, 0.15) is 17.7 Å². The van der Waals surface area contributed by atoms with Crippen LogP contribution in [0.15, 0.2) is 35.7 Å². The summed E-state index contributed by atoms with van der Waals surface area (Å²) in [6.45, 7) is 4.12. The Morgan fingerprint density at radius 3 is 2.70 bits per heavy atom. The van der Waals surface area contributed by atoms with Crippen LogP contribution in [0.3, 0.4) is 0 Å². The lowest BCUT2D eigenvalue weighted by atomic mass is 9.75. The highest BCUT2D eigenvalue weighted by atomic mass is 32.2. The highest BCUT2D eigenvalue weighted by molar-refractivity contribution is 7.98. The Hall–Kier alpha value is -1.74. The van der Waals surface area contributed by atoms with Crippen LogP contribution in [0.1, 0.15) is 12.8 Å². The molecule has 2 N–H and O–H groups in total. The van der Waals surface area contributed by atoms with Gasteiger partial charge >= 0.3 is 0 Å². The first-order chi connectivity index (χ1) is 13.2. The monoisotopic (exact) mass is 384 g/mol. The van der Waals surface area contributed by atoms with E-state index in [1.54, 1.807) is 18.1 Å². The number of fused-ring (bicyclic) bond motifs is 2. The zero-order chi connectivity index (χ0) is 18.4. The number of pyridine rings is 1. The Balaban J connectivity index is 1.41. The Kier molecular flexibility index (Phi) is 4.31. The molecule has 7 nitrogen and oxygen atoms in total. The topological polar surface area (TPSA) is 80.4 Å². The van der Waals surface area contributed by atoms with Gasteiger partial charge in [-0.05, 0) is 50.2 Å². The van der Waals surface area contributed by atoms with E-state index in [0.717, 1.165) is 35.2 Å². The lowest BCUT2D eigenvalue weighted by molar-refractivity contribution is -0.137. The standard InChI is InChI=1S/C19H24N6OS/c1-27-17-3-2-13(9-21-17)15-8-16(23-12-22-15)25-11-19(26-18(25)20)10-24-6-4-14(19)5-7-24/h2-3,8-9,12,14,18H,4-7,10-11,20H2,1H3. The number of thioether (sulfide) groups is 1. The molecule has 4 aliphatic heterocycles. The highest BCUT2D eigenvalue weighted by Gasteiger charge is 2.54. The zero-order valence-electron chi connectivity index (χ0n) is 15.4. The number of anilines is 1. The fourth-order valence-corrected chi connectivity index (χ4v) is 5.05. The molecule has 4 fully saturated rings. The van der Waals surface area contributed by atoms with Crippen LogP contribution in [-0.2, 0) is 4.74 Å². The van der Waals surface area contributed by atoms with Gasteiger partial charge in [-0.1, -0.05) is 0 Å². The molecule has 142 valence electrons. The van der Waals surface area contributed by atoms with Crippen molar-refractivity contribution in [1.82, 2.24) is 19.9 Å². The van der Waals surface area contributed by atoms with Crippen LogP contribution in [0, 0.1) is 5.92 Å². The van der Waals surface area contributed by atoms with Crippen molar-refractivity contribution in [3.05, 3.63) is 30.7 Å². The van der Waals surface area contributed by atoms with Crippen molar-refractivity contribution in [2.24, 2.45) is 11.7 Å². The van der Waals surface area contributed by atoms with Crippen LogP contribution in [0.25, 0.3) is 11.3 Å². The Morgan fingerprint density at radius 2 is 2.04 bits per heavy atom. The number of rotatable bonds is 3. The minimum absolute atomic E-state index is 0.164. The summed E-state index contributed by atoms with van der Waals surface area (Å²) in [5.74, 6) is 1.40. The molecule has 0 aromatic carbocycles. The van der Waals surface area contributed by atoms with Crippen molar-refractivity contribution >= 4 is 17.6 Å². The molecular weight excluding hydrogens is 360 g/mol. The number of hydrogen-bond donors (Lipinski definition) is 1. The quantitative estimate of drug-likeness (QED) is 0.803. The summed E-state index contributed by atoms with van der Waals surface area (Å²) in [5.41, 5.74) is 8.04. The molecule has 2 unspecified atom stereocenters. The molecule has 6 heterocycles. The van der Waals surface area contributed by atoms with E-state index in [0.29, 0.717) is 5.92 Å². The second-order valence-corrected chi connectivity index (χ2v) is 8.43. The Morgan fingerprint density at radius 1 is 1.19 bits per heavy atom. The number of piperidine rings is 3. The molecule has 2 atom stereocenters. The Bertz CT molecular complexity index is 825. The molecular formula is C19H24N6OS. The number of nitrogens with zero attached hydrogens (tertiary/aromatic N) is 5. The molecule has 27 heavy (non-hydrogen) atoms. The van der Waals surface area contributed by atoms with E-state index in [1.807, 2.05) is 30.7 Å².